The fourth-order valence-corrected chi connectivity index (χ4v) is 1.06. The maximum Gasteiger partial charge on any atom is 0.337 e. The van der Waals surface area contributed by atoms with Crippen LogP contribution in [0.4, 0.5) is 14.5 Å². The zero-order valence-electron chi connectivity index (χ0n) is 7.55. The number of carbonyl (C=O) groups is 1. The summed E-state index contributed by atoms with van der Waals surface area (Å²) in [5.41, 5.74) is -1.99. The number of aliphatic hydroxyl groups excluding tert-OH is 1. The smallest absolute Gasteiger partial charge is 0.337 e. The molecule has 86 valence electrons. The quantitative estimate of drug-likeness (QED) is 0.598. The van der Waals surface area contributed by atoms with E-state index < -0.39 is 39.9 Å². The normalized spacial score (nSPS) is 12.2. The van der Waals surface area contributed by atoms with Crippen LogP contribution in [-0.4, -0.2) is 21.1 Å². The van der Waals surface area contributed by atoms with Gasteiger partial charge in [0.2, 0.25) is 0 Å². The Hall–Kier alpha value is -2.09. The molecule has 0 saturated carbocycles. The Morgan fingerprint density at radius 2 is 1.81 bits per heavy atom. The molecule has 0 aliphatic rings. The third kappa shape index (κ3) is 2.11. The highest BCUT2D eigenvalue weighted by molar-refractivity contribution is 5.74. The Morgan fingerprint density at radius 1 is 1.38 bits per heavy atom. The van der Waals surface area contributed by atoms with Gasteiger partial charge in [-0.05, 0) is 0 Å². The molecule has 16 heavy (non-hydrogen) atoms. The van der Waals surface area contributed by atoms with Crippen LogP contribution in [0.3, 0.4) is 0 Å². The summed E-state index contributed by atoms with van der Waals surface area (Å²) < 4.78 is 26.2. The number of hydrogen-bond acceptors (Lipinski definition) is 4. The van der Waals surface area contributed by atoms with Gasteiger partial charge in [-0.15, -0.1) is 0 Å². The van der Waals surface area contributed by atoms with Crippen molar-refractivity contribution in [3.05, 3.63) is 39.4 Å². The molecule has 1 rings (SSSR count). The van der Waals surface area contributed by atoms with Crippen LogP contribution >= 0.6 is 0 Å². The van der Waals surface area contributed by atoms with Gasteiger partial charge in [0.05, 0.1) is 22.6 Å². The van der Waals surface area contributed by atoms with Crippen molar-refractivity contribution in [2.45, 2.75) is 6.10 Å². The van der Waals surface area contributed by atoms with Crippen LogP contribution in [0.15, 0.2) is 12.1 Å². The number of hydrogen-bond donors (Lipinski definition) is 2. The molecular weight excluding hydrogens is 228 g/mol. The number of non-ortho nitro benzene ring substituents is 1. The Balaban J connectivity index is 3.33. The van der Waals surface area contributed by atoms with Crippen LogP contribution in [0.5, 0.6) is 0 Å². The number of rotatable bonds is 3. The summed E-state index contributed by atoms with van der Waals surface area (Å²) in [7, 11) is 0. The van der Waals surface area contributed by atoms with Gasteiger partial charge in [0.25, 0.3) is 5.69 Å². The largest absolute Gasteiger partial charge is 0.479 e. The maximum atomic E-state index is 13.1. The lowest BCUT2D eigenvalue weighted by Crippen LogP contribution is -2.14. The number of nitro benzene ring substituents is 1. The molecule has 0 aliphatic heterocycles. The summed E-state index contributed by atoms with van der Waals surface area (Å²) in [5.74, 6) is -4.82. The molecule has 0 heterocycles. The number of halogens is 2. The van der Waals surface area contributed by atoms with Gasteiger partial charge in [-0.1, -0.05) is 0 Å². The highest BCUT2D eigenvalue weighted by Gasteiger charge is 2.26. The molecule has 1 atom stereocenters. The molecule has 0 aliphatic carbocycles. The van der Waals surface area contributed by atoms with Crippen LogP contribution in [0, 0.1) is 21.7 Å². The van der Waals surface area contributed by atoms with Crippen LogP contribution < -0.4 is 0 Å². The molecule has 0 amide bonds. The van der Waals surface area contributed by atoms with Gasteiger partial charge in [-0.2, -0.15) is 0 Å². The first-order valence-corrected chi connectivity index (χ1v) is 3.88. The molecule has 6 nitrogen and oxygen atoms in total. The first kappa shape index (κ1) is 12.0. The minimum atomic E-state index is -2.40. The van der Waals surface area contributed by atoms with Crippen molar-refractivity contribution in [2.75, 3.05) is 0 Å². The van der Waals surface area contributed by atoms with Gasteiger partial charge in [-0.25, -0.2) is 13.6 Å². The summed E-state index contributed by atoms with van der Waals surface area (Å²) in [6.45, 7) is 0. The Labute approximate surface area is 86.9 Å². The van der Waals surface area contributed by atoms with E-state index in [4.69, 9.17) is 10.2 Å². The Kier molecular flexibility index (Phi) is 3.14. The Bertz CT molecular complexity index is 439. The van der Waals surface area contributed by atoms with Crippen molar-refractivity contribution in [3.8, 4) is 0 Å². The lowest BCUT2D eigenvalue weighted by atomic mass is 10.1. The molecule has 0 radical (unpaired) electrons. The molecule has 0 aromatic heterocycles. The average molecular weight is 233 g/mol. The fraction of sp³-hybridized carbons (Fsp3) is 0.125. The molecule has 1 aromatic carbocycles. The molecule has 8 heteroatoms. The van der Waals surface area contributed by atoms with E-state index in [9.17, 15) is 23.7 Å². The molecule has 0 bridgehead atoms. The first-order valence-electron chi connectivity index (χ1n) is 3.88. The third-order valence-electron chi connectivity index (χ3n) is 1.78. The maximum absolute atomic E-state index is 13.1. The highest BCUT2D eigenvalue weighted by Crippen LogP contribution is 2.25. The number of nitro groups is 1. The minimum absolute atomic E-state index is 0.338. The van der Waals surface area contributed by atoms with Crippen molar-refractivity contribution >= 4 is 11.7 Å². The van der Waals surface area contributed by atoms with E-state index in [0.717, 1.165) is 0 Å². The predicted octanol–water partition coefficient (Wildman–Crippen LogP) is 0.991. The second kappa shape index (κ2) is 4.19. The second-order valence-corrected chi connectivity index (χ2v) is 2.82. The van der Waals surface area contributed by atoms with Crippen molar-refractivity contribution < 1.29 is 28.7 Å². The van der Waals surface area contributed by atoms with Crippen molar-refractivity contribution in [1.29, 1.82) is 0 Å². The average Bonchev–Trinajstić information content (AvgIpc) is 2.15. The van der Waals surface area contributed by atoms with Gasteiger partial charge in [0.15, 0.2) is 6.10 Å². The van der Waals surface area contributed by atoms with Crippen LogP contribution in [0.2, 0.25) is 0 Å². The molecule has 1 aromatic rings. The Morgan fingerprint density at radius 3 is 2.12 bits per heavy atom. The van der Waals surface area contributed by atoms with Gasteiger partial charge < -0.3 is 10.2 Å². The van der Waals surface area contributed by atoms with Crippen LogP contribution in [0.25, 0.3) is 0 Å². The lowest BCUT2D eigenvalue weighted by molar-refractivity contribution is -0.385. The summed E-state index contributed by atoms with van der Waals surface area (Å²) in [6, 6.07) is 0.676. The lowest BCUT2D eigenvalue weighted by Gasteiger charge is -2.07. The molecule has 1 unspecified atom stereocenters. The van der Waals surface area contributed by atoms with Gasteiger partial charge in [0, 0.05) is 0 Å². The molecule has 2 N–H and O–H groups in total. The van der Waals surface area contributed by atoms with E-state index in [-0.39, 0.29) is 0 Å². The third-order valence-corrected chi connectivity index (χ3v) is 1.78. The standard InChI is InChI=1S/C8H5F2NO5/c9-4-1-3(11(15)16)2-5(10)6(4)7(12)8(13)14/h1-2,7,12H,(H,13,14). The van der Waals surface area contributed by atoms with Crippen molar-refractivity contribution in [3.63, 3.8) is 0 Å². The van der Waals surface area contributed by atoms with E-state index in [1.165, 1.54) is 0 Å². The number of nitrogens with zero attached hydrogens (tertiary/aromatic N) is 1. The summed E-state index contributed by atoms with van der Waals surface area (Å²) in [6.07, 6.45) is -2.40. The van der Waals surface area contributed by atoms with Gasteiger partial charge >= 0.3 is 5.97 Å². The van der Waals surface area contributed by atoms with Crippen molar-refractivity contribution in [2.24, 2.45) is 0 Å². The summed E-state index contributed by atoms with van der Waals surface area (Å²) in [4.78, 5) is 19.5. The molecule has 0 saturated heterocycles. The van der Waals surface area contributed by atoms with E-state index in [2.05, 4.69) is 0 Å². The monoisotopic (exact) mass is 233 g/mol. The highest BCUT2D eigenvalue weighted by atomic mass is 19.1. The van der Waals surface area contributed by atoms with E-state index in [1.54, 1.807) is 0 Å². The number of aliphatic carboxylic acids is 1. The minimum Gasteiger partial charge on any atom is -0.479 e. The number of aliphatic hydroxyl groups is 1. The van der Waals surface area contributed by atoms with E-state index in [0.29, 0.717) is 12.1 Å². The van der Waals surface area contributed by atoms with Crippen LogP contribution in [-0.2, 0) is 4.79 Å². The SMILES string of the molecule is O=C(O)C(O)c1c(F)cc([N+](=O)[O-])cc1F. The molecular formula is C8H5F2NO5. The fourth-order valence-electron chi connectivity index (χ4n) is 1.06. The molecule has 0 fully saturated rings. The number of carboxylic acid groups (broad SMARTS) is 1. The molecule has 0 spiro atoms. The second-order valence-electron chi connectivity index (χ2n) is 2.82. The van der Waals surface area contributed by atoms with Gasteiger partial charge in [-0.3, -0.25) is 10.1 Å². The summed E-state index contributed by atoms with van der Waals surface area (Å²) in [5, 5.41) is 27.5. The van der Waals surface area contributed by atoms with E-state index in [1.807, 2.05) is 0 Å². The zero-order chi connectivity index (χ0) is 12.5. The van der Waals surface area contributed by atoms with Crippen LogP contribution in [0.1, 0.15) is 11.7 Å². The van der Waals surface area contributed by atoms with Gasteiger partial charge in [0.1, 0.15) is 11.6 Å². The predicted molar refractivity (Wildman–Crippen MR) is 45.6 cm³/mol. The zero-order valence-corrected chi connectivity index (χ0v) is 7.55. The summed E-state index contributed by atoms with van der Waals surface area (Å²) >= 11 is 0. The topological polar surface area (TPSA) is 101 Å². The number of benzene rings is 1. The van der Waals surface area contributed by atoms with E-state index >= 15 is 0 Å². The number of carboxylic acids is 1. The first-order chi connectivity index (χ1) is 7.34. The van der Waals surface area contributed by atoms with Crippen molar-refractivity contribution in [1.82, 2.24) is 0 Å².